The molecule has 1 aliphatic carbocycles. The largest absolute Gasteiger partial charge is 0.340 e. The molecule has 1 aliphatic rings. The molecule has 26 heavy (non-hydrogen) atoms. The maximum absolute atomic E-state index is 12.7. The lowest BCUT2D eigenvalue weighted by atomic mass is 10.0. The van der Waals surface area contributed by atoms with Gasteiger partial charge < -0.3 is 10.6 Å². The van der Waals surface area contributed by atoms with Crippen LogP contribution >= 0.6 is 11.3 Å². The van der Waals surface area contributed by atoms with Gasteiger partial charge in [-0.1, -0.05) is 31.5 Å². The number of hydrogen-bond acceptors (Lipinski definition) is 4. The fourth-order valence-corrected chi connectivity index (χ4v) is 4.11. The molecule has 1 aromatic heterocycles. The second-order valence-electron chi connectivity index (χ2n) is 7.15. The second kappa shape index (κ2) is 7.99. The molecule has 5 nitrogen and oxygen atoms in total. The summed E-state index contributed by atoms with van der Waals surface area (Å²) in [4.78, 5) is 31.0. The SMILES string of the molecule is Cc1ccc(C(=O)N[C@H](C(=O)Nc2nc3c(s2)CCCC3)C(C)C)cc1. The van der Waals surface area contributed by atoms with Gasteiger partial charge in [0.05, 0.1) is 5.69 Å². The zero-order chi connectivity index (χ0) is 18.7. The van der Waals surface area contributed by atoms with Crippen LogP contribution < -0.4 is 10.6 Å². The van der Waals surface area contributed by atoms with Crippen LogP contribution in [0.4, 0.5) is 5.13 Å². The van der Waals surface area contributed by atoms with E-state index in [0.29, 0.717) is 10.7 Å². The number of aromatic nitrogens is 1. The Morgan fingerprint density at radius 2 is 1.81 bits per heavy atom. The van der Waals surface area contributed by atoms with E-state index in [1.54, 1.807) is 23.5 Å². The third-order valence-corrected chi connectivity index (χ3v) is 5.70. The molecule has 2 N–H and O–H groups in total. The van der Waals surface area contributed by atoms with Crippen LogP contribution in [0.25, 0.3) is 0 Å². The zero-order valence-corrected chi connectivity index (χ0v) is 16.3. The summed E-state index contributed by atoms with van der Waals surface area (Å²) in [5.74, 6) is -0.483. The molecular formula is C20H25N3O2S. The molecular weight excluding hydrogens is 346 g/mol. The first-order valence-corrected chi connectivity index (χ1v) is 9.92. The average molecular weight is 372 g/mol. The Morgan fingerprint density at radius 3 is 2.46 bits per heavy atom. The van der Waals surface area contributed by atoms with Crippen molar-refractivity contribution in [1.29, 1.82) is 0 Å². The zero-order valence-electron chi connectivity index (χ0n) is 15.5. The maximum Gasteiger partial charge on any atom is 0.251 e. The van der Waals surface area contributed by atoms with Gasteiger partial charge in [0, 0.05) is 10.4 Å². The molecule has 0 spiro atoms. The number of carbonyl (C=O) groups is 2. The van der Waals surface area contributed by atoms with Gasteiger partial charge in [0.15, 0.2) is 5.13 Å². The minimum absolute atomic E-state index is 0.0287. The molecule has 3 rings (SSSR count). The van der Waals surface area contributed by atoms with Crippen molar-refractivity contribution in [3.05, 3.63) is 46.0 Å². The molecule has 2 amide bonds. The second-order valence-corrected chi connectivity index (χ2v) is 8.23. The number of amides is 2. The van der Waals surface area contributed by atoms with Gasteiger partial charge in [0.25, 0.3) is 5.91 Å². The maximum atomic E-state index is 12.7. The molecule has 1 atom stereocenters. The van der Waals surface area contributed by atoms with Gasteiger partial charge in [0.2, 0.25) is 5.91 Å². The highest BCUT2D eigenvalue weighted by molar-refractivity contribution is 7.15. The van der Waals surface area contributed by atoms with Crippen molar-refractivity contribution in [3.63, 3.8) is 0 Å². The summed E-state index contributed by atoms with van der Waals surface area (Å²) in [6.45, 7) is 5.82. The Morgan fingerprint density at radius 1 is 1.12 bits per heavy atom. The van der Waals surface area contributed by atoms with Crippen molar-refractivity contribution in [2.75, 3.05) is 5.32 Å². The Labute approximate surface area is 158 Å². The first kappa shape index (κ1) is 18.6. The fraction of sp³-hybridized carbons (Fsp3) is 0.450. The van der Waals surface area contributed by atoms with E-state index in [4.69, 9.17) is 0 Å². The lowest BCUT2D eigenvalue weighted by Crippen LogP contribution is -2.47. The van der Waals surface area contributed by atoms with Crippen LogP contribution in [0.1, 0.15) is 53.2 Å². The molecule has 0 fully saturated rings. The minimum Gasteiger partial charge on any atom is -0.340 e. The molecule has 0 saturated carbocycles. The Kier molecular flexibility index (Phi) is 5.71. The van der Waals surface area contributed by atoms with Crippen molar-refractivity contribution >= 4 is 28.3 Å². The third kappa shape index (κ3) is 4.30. The number of thiazole rings is 1. The van der Waals surface area contributed by atoms with Crippen molar-refractivity contribution < 1.29 is 9.59 Å². The third-order valence-electron chi connectivity index (χ3n) is 4.63. The molecule has 0 radical (unpaired) electrons. The van der Waals surface area contributed by atoms with E-state index < -0.39 is 6.04 Å². The van der Waals surface area contributed by atoms with Crippen molar-refractivity contribution in [2.45, 2.75) is 52.5 Å². The smallest absolute Gasteiger partial charge is 0.251 e. The predicted octanol–water partition coefficient (Wildman–Crippen LogP) is 3.72. The Bertz CT molecular complexity index is 772. The van der Waals surface area contributed by atoms with E-state index in [0.717, 1.165) is 30.5 Å². The summed E-state index contributed by atoms with van der Waals surface area (Å²) in [5.41, 5.74) is 2.76. The van der Waals surface area contributed by atoms with Crippen molar-refractivity contribution in [3.8, 4) is 0 Å². The fourth-order valence-electron chi connectivity index (χ4n) is 3.05. The molecule has 1 aromatic carbocycles. The molecule has 0 unspecified atom stereocenters. The van der Waals surface area contributed by atoms with Gasteiger partial charge in [-0.15, -0.1) is 11.3 Å². The first-order chi connectivity index (χ1) is 12.4. The van der Waals surface area contributed by atoms with Crippen LogP contribution in [0.2, 0.25) is 0 Å². The van der Waals surface area contributed by atoms with Crippen molar-refractivity contribution in [2.24, 2.45) is 5.92 Å². The monoisotopic (exact) mass is 371 g/mol. The van der Waals surface area contributed by atoms with Gasteiger partial charge in [-0.25, -0.2) is 4.98 Å². The van der Waals surface area contributed by atoms with E-state index in [9.17, 15) is 9.59 Å². The molecule has 1 heterocycles. The van der Waals surface area contributed by atoms with Gasteiger partial charge in [-0.05, 0) is 50.7 Å². The van der Waals surface area contributed by atoms with E-state index in [2.05, 4.69) is 15.6 Å². The lowest BCUT2D eigenvalue weighted by Gasteiger charge is -2.21. The summed E-state index contributed by atoms with van der Waals surface area (Å²) in [6, 6.07) is 6.72. The average Bonchev–Trinajstić information content (AvgIpc) is 3.01. The molecule has 2 aromatic rings. The number of nitrogens with one attached hydrogen (secondary N) is 2. The number of fused-ring (bicyclic) bond motifs is 1. The number of nitrogens with zero attached hydrogens (tertiary/aromatic N) is 1. The van der Waals surface area contributed by atoms with Gasteiger partial charge in [-0.2, -0.15) is 0 Å². The lowest BCUT2D eigenvalue weighted by molar-refractivity contribution is -0.118. The predicted molar refractivity (Wildman–Crippen MR) is 105 cm³/mol. The van der Waals surface area contributed by atoms with Crippen molar-refractivity contribution in [1.82, 2.24) is 10.3 Å². The quantitative estimate of drug-likeness (QED) is 0.841. The summed E-state index contributed by atoms with van der Waals surface area (Å²) in [6.07, 6.45) is 4.37. The van der Waals surface area contributed by atoms with Crippen LogP contribution in [0.15, 0.2) is 24.3 Å². The highest BCUT2D eigenvalue weighted by atomic mass is 32.1. The van der Waals surface area contributed by atoms with Gasteiger partial charge in [0.1, 0.15) is 6.04 Å². The first-order valence-electron chi connectivity index (χ1n) is 9.11. The molecule has 6 heteroatoms. The molecule has 0 saturated heterocycles. The highest BCUT2D eigenvalue weighted by Gasteiger charge is 2.26. The van der Waals surface area contributed by atoms with E-state index in [1.165, 1.54) is 11.3 Å². The van der Waals surface area contributed by atoms with Crippen LogP contribution in [0.5, 0.6) is 0 Å². The van der Waals surface area contributed by atoms with Crippen LogP contribution in [0, 0.1) is 12.8 Å². The van der Waals surface area contributed by atoms with E-state index in [-0.39, 0.29) is 17.7 Å². The summed E-state index contributed by atoms with van der Waals surface area (Å²) < 4.78 is 0. The standard InChI is InChI=1S/C20H25N3O2S/c1-12(2)17(22-18(24)14-10-8-13(3)9-11-14)19(25)23-20-21-15-6-4-5-7-16(15)26-20/h8-12,17H,4-7H2,1-3H3,(H,22,24)(H,21,23,25)/t17-/m0/s1. The van der Waals surface area contributed by atoms with Crippen LogP contribution in [0.3, 0.4) is 0 Å². The molecule has 0 bridgehead atoms. The number of carbonyl (C=O) groups excluding carboxylic acids is 2. The molecule has 138 valence electrons. The number of aryl methyl sites for hydroxylation is 3. The van der Waals surface area contributed by atoms with Gasteiger partial charge in [-0.3, -0.25) is 9.59 Å². The van der Waals surface area contributed by atoms with E-state index >= 15 is 0 Å². The van der Waals surface area contributed by atoms with Gasteiger partial charge >= 0.3 is 0 Å². The summed E-state index contributed by atoms with van der Waals surface area (Å²) >= 11 is 1.55. The highest BCUT2D eigenvalue weighted by Crippen LogP contribution is 2.29. The van der Waals surface area contributed by atoms with Crippen LogP contribution in [-0.2, 0) is 17.6 Å². The Balaban J connectivity index is 1.68. The minimum atomic E-state index is -0.607. The Hall–Kier alpha value is -2.21. The van der Waals surface area contributed by atoms with E-state index in [1.807, 2.05) is 32.9 Å². The summed E-state index contributed by atoms with van der Waals surface area (Å²) in [7, 11) is 0. The summed E-state index contributed by atoms with van der Waals surface area (Å²) in [5, 5.41) is 6.40. The number of anilines is 1. The number of hydrogen-bond donors (Lipinski definition) is 2. The molecule has 0 aliphatic heterocycles. The van der Waals surface area contributed by atoms with Crippen LogP contribution in [-0.4, -0.2) is 22.8 Å². The normalized spacial score (nSPS) is 14.6. The number of benzene rings is 1. The number of rotatable bonds is 5. The topological polar surface area (TPSA) is 71.1 Å².